The van der Waals surface area contributed by atoms with Crippen LogP contribution >= 0.6 is 0 Å². The van der Waals surface area contributed by atoms with Crippen LogP contribution in [0.2, 0.25) is 0 Å². The maximum Gasteiger partial charge on any atom is 0.227 e. The average Bonchev–Trinajstić information content (AvgIpc) is 3.09. The second-order valence-corrected chi connectivity index (χ2v) is 6.72. The molecule has 1 amide bonds. The number of carbonyl (C=O) groups is 1. The van der Waals surface area contributed by atoms with E-state index < -0.39 is 35.0 Å². The summed E-state index contributed by atoms with van der Waals surface area (Å²) >= 11 is 0. The van der Waals surface area contributed by atoms with Crippen molar-refractivity contribution in [1.29, 1.82) is 0 Å². The van der Waals surface area contributed by atoms with Crippen LogP contribution in [0.15, 0.2) is 36.7 Å². The van der Waals surface area contributed by atoms with Crippen LogP contribution in [-0.2, 0) is 24.3 Å². The third-order valence-electron chi connectivity index (χ3n) is 4.84. The summed E-state index contributed by atoms with van der Waals surface area (Å²) in [5, 5.41) is 0. The molecule has 0 saturated heterocycles. The number of hydrogen-bond donors (Lipinski definition) is 0. The van der Waals surface area contributed by atoms with Crippen LogP contribution < -0.4 is 0 Å². The Bertz CT molecular complexity index is 1090. The third-order valence-corrected chi connectivity index (χ3v) is 4.84. The average molecular weight is 407 g/mol. The Labute approximate surface area is 162 Å². The van der Waals surface area contributed by atoms with Gasteiger partial charge in [-0.25, -0.2) is 26.9 Å². The predicted molar refractivity (Wildman–Crippen MR) is 93.0 cm³/mol. The number of halogens is 5. The van der Waals surface area contributed by atoms with Gasteiger partial charge in [0.1, 0.15) is 11.6 Å². The van der Waals surface area contributed by atoms with E-state index in [0.717, 1.165) is 24.3 Å². The molecular formula is C20H14F5N3O. The van der Waals surface area contributed by atoms with E-state index >= 15 is 0 Å². The zero-order chi connectivity index (χ0) is 20.7. The van der Waals surface area contributed by atoms with Crippen LogP contribution in [0.5, 0.6) is 0 Å². The summed E-state index contributed by atoms with van der Waals surface area (Å²) in [6.45, 7) is 0.805. The maximum atomic E-state index is 14.2. The summed E-state index contributed by atoms with van der Waals surface area (Å²) in [5.74, 6) is -6.22. The van der Waals surface area contributed by atoms with Crippen LogP contribution in [0.3, 0.4) is 0 Å². The molecule has 0 saturated carbocycles. The van der Waals surface area contributed by atoms with E-state index in [1.54, 1.807) is 4.57 Å². The van der Waals surface area contributed by atoms with Gasteiger partial charge in [-0.2, -0.15) is 0 Å². The zero-order valence-corrected chi connectivity index (χ0v) is 14.9. The number of hydrogen-bond acceptors (Lipinski definition) is 2. The highest BCUT2D eigenvalue weighted by Gasteiger charge is 2.26. The summed E-state index contributed by atoms with van der Waals surface area (Å²) < 4.78 is 69.0. The van der Waals surface area contributed by atoms with Crippen molar-refractivity contribution in [3.8, 4) is 11.3 Å². The van der Waals surface area contributed by atoms with Crippen molar-refractivity contribution < 1.29 is 26.7 Å². The summed E-state index contributed by atoms with van der Waals surface area (Å²) in [4.78, 5) is 18.2. The molecule has 2 heterocycles. The van der Waals surface area contributed by atoms with Crippen molar-refractivity contribution >= 4 is 5.91 Å². The smallest absolute Gasteiger partial charge is 0.227 e. The molecule has 1 aliphatic rings. The van der Waals surface area contributed by atoms with Crippen molar-refractivity contribution in [2.45, 2.75) is 19.5 Å². The highest BCUT2D eigenvalue weighted by atomic mass is 19.2. The second kappa shape index (κ2) is 7.31. The summed E-state index contributed by atoms with van der Waals surface area (Å²) in [6, 6.07) is 4.71. The van der Waals surface area contributed by atoms with E-state index in [9.17, 15) is 26.7 Å². The van der Waals surface area contributed by atoms with Gasteiger partial charge in [0, 0.05) is 24.7 Å². The van der Waals surface area contributed by atoms with Gasteiger partial charge in [-0.15, -0.1) is 0 Å². The first kappa shape index (κ1) is 19.1. The van der Waals surface area contributed by atoms with E-state index in [-0.39, 0.29) is 24.1 Å². The predicted octanol–water partition coefficient (Wildman–Crippen LogP) is 3.83. The van der Waals surface area contributed by atoms with E-state index in [0.29, 0.717) is 24.5 Å². The van der Waals surface area contributed by atoms with E-state index in [1.165, 1.54) is 17.3 Å². The Morgan fingerprint density at radius 1 is 0.966 bits per heavy atom. The van der Waals surface area contributed by atoms with Crippen LogP contribution in [0, 0.1) is 29.1 Å². The molecule has 9 heteroatoms. The fourth-order valence-electron chi connectivity index (χ4n) is 3.37. The first-order valence-electron chi connectivity index (χ1n) is 8.74. The molecule has 1 aliphatic heterocycles. The molecule has 0 radical (unpaired) electrons. The summed E-state index contributed by atoms with van der Waals surface area (Å²) in [5.41, 5.74) is 0.970. The number of imidazole rings is 1. The molecule has 4 rings (SSSR count). The molecule has 0 bridgehead atoms. The third kappa shape index (κ3) is 3.59. The monoisotopic (exact) mass is 407 g/mol. The van der Waals surface area contributed by atoms with Gasteiger partial charge in [0.05, 0.1) is 30.7 Å². The lowest BCUT2D eigenvalue weighted by molar-refractivity contribution is -0.131. The van der Waals surface area contributed by atoms with Crippen LogP contribution in [0.4, 0.5) is 22.0 Å². The number of aromatic nitrogens is 2. The molecule has 0 N–H and O–H groups in total. The topological polar surface area (TPSA) is 38.1 Å². The lowest BCUT2D eigenvalue weighted by atomic mass is 10.1. The van der Waals surface area contributed by atoms with Gasteiger partial charge in [0.25, 0.3) is 0 Å². The van der Waals surface area contributed by atoms with Gasteiger partial charge in [-0.3, -0.25) is 4.79 Å². The van der Waals surface area contributed by atoms with Gasteiger partial charge in [0.2, 0.25) is 5.91 Å². The van der Waals surface area contributed by atoms with E-state index in [4.69, 9.17) is 0 Å². The van der Waals surface area contributed by atoms with Gasteiger partial charge < -0.3 is 9.47 Å². The minimum absolute atomic E-state index is 0.00952. The molecule has 2 aromatic carbocycles. The molecule has 150 valence electrons. The number of fused-ring (bicyclic) bond motifs is 1. The van der Waals surface area contributed by atoms with Crippen molar-refractivity contribution in [3.05, 3.63) is 77.0 Å². The minimum Gasteiger partial charge on any atom is -0.335 e. The number of benzene rings is 2. The van der Waals surface area contributed by atoms with Crippen molar-refractivity contribution in [2.75, 3.05) is 6.54 Å². The summed E-state index contributed by atoms with van der Waals surface area (Å²) in [6.07, 6.45) is 1.20. The molecule has 1 aromatic heterocycles. The summed E-state index contributed by atoms with van der Waals surface area (Å²) in [7, 11) is 0. The first-order valence-corrected chi connectivity index (χ1v) is 8.74. The largest absolute Gasteiger partial charge is 0.335 e. The standard InChI is InChI=1S/C20H14F5N3O/c21-12-1-2-13(14(22)8-12)20-17-9-27(3-4-28(17)10-26-20)18(29)7-11-5-15(23)19(25)16(24)6-11/h1-2,5-6,8,10H,3-4,7,9H2. The molecule has 0 unspecified atom stereocenters. The van der Waals surface area contributed by atoms with Gasteiger partial charge >= 0.3 is 0 Å². The molecule has 3 aromatic rings. The van der Waals surface area contributed by atoms with Gasteiger partial charge in [-0.05, 0) is 29.8 Å². The molecule has 0 spiro atoms. The van der Waals surface area contributed by atoms with Crippen LogP contribution in [-0.4, -0.2) is 26.9 Å². The Morgan fingerprint density at radius 2 is 1.69 bits per heavy atom. The number of rotatable bonds is 3. The lowest BCUT2D eigenvalue weighted by Crippen LogP contribution is -2.39. The molecule has 0 fully saturated rings. The molecule has 0 atom stereocenters. The second-order valence-electron chi connectivity index (χ2n) is 6.72. The lowest BCUT2D eigenvalue weighted by Gasteiger charge is -2.29. The molecular weight excluding hydrogens is 393 g/mol. The van der Waals surface area contributed by atoms with Gasteiger partial charge in [0.15, 0.2) is 17.5 Å². The maximum absolute atomic E-state index is 14.2. The fourth-order valence-corrected chi connectivity index (χ4v) is 3.37. The number of amides is 1. The number of carbonyl (C=O) groups excluding carboxylic acids is 1. The SMILES string of the molecule is O=C(Cc1cc(F)c(F)c(F)c1)N1CCn2cnc(-c3ccc(F)cc3F)c2C1. The van der Waals surface area contributed by atoms with Crippen molar-refractivity contribution in [3.63, 3.8) is 0 Å². The molecule has 29 heavy (non-hydrogen) atoms. The highest BCUT2D eigenvalue weighted by molar-refractivity contribution is 5.79. The van der Waals surface area contributed by atoms with Crippen molar-refractivity contribution in [1.82, 2.24) is 14.5 Å². The molecule has 4 nitrogen and oxygen atoms in total. The highest BCUT2D eigenvalue weighted by Crippen LogP contribution is 2.28. The molecule has 0 aliphatic carbocycles. The quantitative estimate of drug-likeness (QED) is 0.489. The fraction of sp³-hybridized carbons (Fsp3) is 0.200. The van der Waals surface area contributed by atoms with E-state index in [2.05, 4.69) is 4.98 Å². The number of nitrogens with zero attached hydrogens (tertiary/aromatic N) is 3. The zero-order valence-electron chi connectivity index (χ0n) is 14.9. The Morgan fingerprint density at radius 3 is 2.38 bits per heavy atom. The Hall–Kier alpha value is -3.23. The Balaban J connectivity index is 1.57. The van der Waals surface area contributed by atoms with Crippen molar-refractivity contribution in [2.24, 2.45) is 0 Å². The normalized spacial score (nSPS) is 13.5. The Kier molecular flexibility index (Phi) is 4.81. The minimum atomic E-state index is -1.59. The van der Waals surface area contributed by atoms with E-state index in [1.807, 2.05) is 0 Å². The van der Waals surface area contributed by atoms with Gasteiger partial charge in [-0.1, -0.05) is 0 Å². The first-order chi connectivity index (χ1) is 13.8. The van der Waals surface area contributed by atoms with Crippen LogP contribution in [0.1, 0.15) is 11.3 Å². The van der Waals surface area contributed by atoms with Crippen LogP contribution in [0.25, 0.3) is 11.3 Å².